The SMILES string of the molecule is CCC[C@H](C)NCCNc1cc(OC)cc2cccnc12. The Morgan fingerprint density at radius 1 is 1.29 bits per heavy atom. The van der Waals surface area contributed by atoms with Crippen molar-refractivity contribution in [1.29, 1.82) is 0 Å². The summed E-state index contributed by atoms with van der Waals surface area (Å²) in [5.41, 5.74) is 2.01. The van der Waals surface area contributed by atoms with Crippen LogP contribution in [0.15, 0.2) is 30.5 Å². The van der Waals surface area contributed by atoms with Crippen LogP contribution in [0.4, 0.5) is 5.69 Å². The number of anilines is 1. The van der Waals surface area contributed by atoms with E-state index in [0.717, 1.165) is 35.4 Å². The highest BCUT2D eigenvalue weighted by Gasteiger charge is 2.05. The summed E-state index contributed by atoms with van der Waals surface area (Å²) < 4.78 is 5.36. The summed E-state index contributed by atoms with van der Waals surface area (Å²) in [5.74, 6) is 0.852. The van der Waals surface area contributed by atoms with E-state index in [1.807, 2.05) is 24.4 Å². The maximum Gasteiger partial charge on any atom is 0.121 e. The summed E-state index contributed by atoms with van der Waals surface area (Å²) in [7, 11) is 1.69. The number of ether oxygens (including phenoxy) is 1. The number of benzene rings is 1. The van der Waals surface area contributed by atoms with E-state index >= 15 is 0 Å². The molecule has 0 aliphatic carbocycles. The standard InChI is InChI=1S/C17H25N3O/c1-4-6-13(2)18-9-10-19-16-12-15(21-3)11-14-7-5-8-20-17(14)16/h5,7-8,11-13,18-19H,4,6,9-10H2,1-3H3/t13-/m0/s1. The van der Waals surface area contributed by atoms with Gasteiger partial charge in [0.1, 0.15) is 5.75 Å². The number of aromatic nitrogens is 1. The number of methoxy groups -OCH3 is 1. The van der Waals surface area contributed by atoms with Crippen LogP contribution >= 0.6 is 0 Å². The molecular weight excluding hydrogens is 262 g/mol. The summed E-state index contributed by atoms with van der Waals surface area (Å²) in [4.78, 5) is 4.46. The van der Waals surface area contributed by atoms with Crippen molar-refractivity contribution in [3.63, 3.8) is 0 Å². The molecule has 1 atom stereocenters. The van der Waals surface area contributed by atoms with Crippen LogP contribution in [0.2, 0.25) is 0 Å². The molecule has 0 aliphatic rings. The summed E-state index contributed by atoms with van der Waals surface area (Å²) in [6.07, 6.45) is 4.25. The van der Waals surface area contributed by atoms with E-state index in [0.29, 0.717) is 6.04 Å². The van der Waals surface area contributed by atoms with Gasteiger partial charge in [0.15, 0.2) is 0 Å². The van der Waals surface area contributed by atoms with Crippen LogP contribution in [-0.2, 0) is 0 Å². The molecular formula is C17H25N3O. The number of fused-ring (bicyclic) bond motifs is 1. The van der Waals surface area contributed by atoms with Crippen LogP contribution in [-0.4, -0.2) is 31.2 Å². The summed E-state index contributed by atoms with van der Waals surface area (Å²) in [5, 5.41) is 8.06. The Balaban J connectivity index is 2.00. The van der Waals surface area contributed by atoms with Crippen molar-refractivity contribution in [1.82, 2.24) is 10.3 Å². The lowest BCUT2D eigenvalue weighted by molar-refractivity contribution is 0.415. The molecule has 0 fully saturated rings. The summed E-state index contributed by atoms with van der Waals surface area (Å²) in [6.45, 7) is 6.25. The Labute approximate surface area is 126 Å². The molecule has 2 rings (SSSR count). The molecule has 0 saturated heterocycles. The van der Waals surface area contributed by atoms with Gasteiger partial charge in [0.2, 0.25) is 0 Å². The third-order valence-electron chi connectivity index (χ3n) is 3.57. The number of pyridine rings is 1. The zero-order chi connectivity index (χ0) is 15.1. The maximum atomic E-state index is 5.36. The second-order valence-corrected chi connectivity index (χ2v) is 5.32. The van der Waals surface area contributed by atoms with E-state index in [1.54, 1.807) is 7.11 Å². The quantitative estimate of drug-likeness (QED) is 0.730. The Morgan fingerprint density at radius 2 is 2.14 bits per heavy atom. The second-order valence-electron chi connectivity index (χ2n) is 5.32. The molecule has 0 spiro atoms. The number of hydrogen-bond donors (Lipinski definition) is 2. The Morgan fingerprint density at radius 3 is 2.90 bits per heavy atom. The lowest BCUT2D eigenvalue weighted by atomic mass is 10.1. The van der Waals surface area contributed by atoms with Crippen molar-refractivity contribution in [3.8, 4) is 5.75 Å². The first-order valence-electron chi connectivity index (χ1n) is 7.64. The average Bonchev–Trinajstić information content (AvgIpc) is 2.51. The predicted molar refractivity (Wildman–Crippen MR) is 89.2 cm³/mol. The molecule has 1 aromatic heterocycles. The molecule has 114 valence electrons. The van der Waals surface area contributed by atoms with Crippen LogP contribution in [0.1, 0.15) is 26.7 Å². The molecule has 0 unspecified atom stereocenters. The second kappa shape index (κ2) is 7.84. The fraction of sp³-hybridized carbons (Fsp3) is 0.471. The molecule has 4 nitrogen and oxygen atoms in total. The third kappa shape index (κ3) is 4.33. The van der Waals surface area contributed by atoms with E-state index in [-0.39, 0.29) is 0 Å². The van der Waals surface area contributed by atoms with Crippen LogP contribution in [0, 0.1) is 0 Å². The predicted octanol–water partition coefficient (Wildman–Crippen LogP) is 3.43. The fourth-order valence-electron chi connectivity index (χ4n) is 2.47. The van der Waals surface area contributed by atoms with Crippen molar-refractivity contribution in [2.45, 2.75) is 32.7 Å². The number of hydrogen-bond acceptors (Lipinski definition) is 4. The third-order valence-corrected chi connectivity index (χ3v) is 3.57. The Hall–Kier alpha value is -1.81. The zero-order valence-electron chi connectivity index (χ0n) is 13.1. The van der Waals surface area contributed by atoms with E-state index < -0.39 is 0 Å². The number of nitrogens with zero attached hydrogens (tertiary/aromatic N) is 1. The molecule has 1 heterocycles. The largest absolute Gasteiger partial charge is 0.497 e. The smallest absolute Gasteiger partial charge is 0.121 e. The lowest BCUT2D eigenvalue weighted by Crippen LogP contribution is -2.30. The molecule has 0 radical (unpaired) electrons. The van der Waals surface area contributed by atoms with Gasteiger partial charge in [0.25, 0.3) is 0 Å². The van der Waals surface area contributed by atoms with Crippen LogP contribution in [0.5, 0.6) is 5.75 Å². The highest BCUT2D eigenvalue weighted by Crippen LogP contribution is 2.27. The van der Waals surface area contributed by atoms with Gasteiger partial charge in [0, 0.05) is 36.8 Å². The molecule has 4 heteroatoms. The molecule has 0 saturated carbocycles. The molecule has 0 amide bonds. The Kier molecular flexibility index (Phi) is 5.81. The number of nitrogens with one attached hydrogen (secondary N) is 2. The molecule has 0 bridgehead atoms. The van der Waals surface area contributed by atoms with Crippen LogP contribution in [0.3, 0.4) is 0 Å². The lowest BCUT2D eigenvalue weighted by Gasteiger charge is -2.14. The highest BCUT2D eigenvalue weighted by atomic mass is 16.5. The fourth-order valence-corrected chi connectivity index (χ4v) is 2.47. The van der Waals surface area contributed by atoms with Crippen molar-refractivity contribution in [2.75, 3.05) is 25.5 Å². The maximum absolute atomic E-state index is 5.36. The van der Waals surface area contributed by atoms with Gasteiger partial charge in [-0.05, 0) is 25.5 Å². The van der Waals surface area contributed by atoms with E-state index in [1.165, 1.54) is 12.8 Å². The molecule has 1 aromatic carbocycles. The summed E-state index contributed by atoms with van der Waals surface area (Å²) >= 11 is 0. The topological polar surface area (TPSA) is 46.2 Å². The average molecular weight is 287 g/mol. The molecule has 0 aliphatic heterocycles. The van der Waals surface area contributed by atoms with Crippen molar-refractivity contribution >= 4 is 16.6 Å². The Bertz CT molecular complexity index is 571. The van der Waals surface area contributed by atoms with Gasteiger partial charge in [-0.15, -0.1) is 0 Å². The molecule has 21 heavy (non-hydrogen) atoms. The minimum atomic E-state index is 0.567. The molecule has 2 N–H and O–H groups in total. The summed E-state index contributed by atoms with van der Waals surface area (Å²) in [6, 6.07) is 8.58. The van der Waals surface area contributed by atoms with Crippen molar-refractivity contribution < 1.29 is 4.74 Å². The van der Waals surface area contributed by atoms with Crippen LogP contribution in [0.25, 0.3) is 10.9 Å². The first-order chi connectivity index (χ1) is 10.2. The molecule has 2 aromatic rings. The monoisotopic (exact) mass is 287 g/mol. The zero-order valence-corrected chi connectivity index (χ0v) is 13.1. The van der Waals surface area contributed by atoms with E-state index in [4.69, 9.17) is 4.74 Å². The van der Waals surface area contributed by atoms with Gasteiger partial charge in [-0.2, -0.15) is 0 Å². The normalized spacial score (nSPS) is 12.3. The minimum absolute atomic E-state index is 0.567. The van der Waals surface area contributed by atoms with E-state index in [2.05, 4.69) is 35.5 Å². The van der Waals surface area contributed by atoms with Crippen molar-refractivity contribution in [2.24, 2.45) is 0 Å². The first kappa shape index (κ1) is 15.6. The van der Waals surface area contributed by atoms with Gasteiger partial charge < -0.3 is 15.4 Å². The van der Waals surface area contributed by atoms with Gasteiger partial charge >= 0.3 is 0 Å². The highest BCUT2D eigenvalue weighted by molar-refractivity contribution is 5.91. The number of rotatable bonds is 8. The van der Waals surface area contributed by atoms with Crippen molar-refractivity contribution in [3.05, 3.63) is 30.5 Å². The van der Waals surface area contributed by atoms with E-state index in [9.17, 15) is 0 Å². The van der Waals surface area contributed by atoms with Crippen LogP contribution < -0.4 is 15.4 Å². The van der Waals surface area contributed by atoms with Gasteiger partial charge in [-0.3, -0.25) is 4.98 Å². The van der Waals surface area contributed by atoms with Gasteiger partial charge in [-0.1, -0.05) is 19.4 Å². The van der Waals surface area contributed by atoms with Gasteiger partial charge in [-0.25, -0.2) is 0 Å². The van der Waals surface area contributed by atoms with Gasteiger partial charge in [0.05, 0.1) is 18.3 Å². The minimum Gasteiger partial charge on any atom is -0.497 e. The first-order valence-corrected chi connectivity index (χ1v) is 7.64.